The number of carbonyl (C=O) groups excluding carboxylic acids is 3. The maximum Gasteiger partial charge on any atom is 0.737 e. The van der Waals surface area contributed by atoms with E-state index in [1.54, 1.807) is 46.9 Å². The SMILES string of the molecule is Cc1cc(CCC(=O)NC(CS(=O)(=O)[O-])C(=O)CCCCCC(=O)CCCSSc2ccccn2)n2c1C=C1C(CCC[N+](C)(C)C)=CC(c3cccs3)=[N+]1[B-]2(F)F. The Morgan fingerprint density at radius 2 is 1.76 bits per heavy atom. The Balaban J connectivity index is 1.16. The van der Waals surface area contributed by atoms with Crippen molar-refractivity contribution in [3.8, 4) is 0 Å². The number of allylic oxidation sites excluding steroid dienone is 2. The van der Waals surface area contributed by atoms with Crippen molar-refractivity contribution in [2.75, 3.05) is 39.2 Å². The summed E-state index contributed by atoms with van der Waals surface area (Å²) in [6.07, 6.45) is 9.34. The van der Waals surface area contributed by atoms with Crippen LogP contribution < -0.4 is 5.32 Å². The van der Waals surface area contributed by atoms with Gasteiger partial charge in [0, 0.05) is 67.5 Å². The minimum atomic E-state index is -4.89. The van der Waals surface area contributed by atoms with E-state index in [0.717, 1.165) is 54.1 Å². The minimum absolute atomic E-state index is 0.0882. The number of amides is 1. The highest BCUT2D eigenvalue weighted by Crippen LogP contribution is 2.40. The van der Waals surface area contributed by atoms with Gasteiger partial charge in [-0.25, -0.2) is 13.4 Å². The van der Waals surface area contributed by atoms with Crippen molar-refractivity contribution < 1.29 is 45.0 Å². The number of pyridine rings is 1. The Kier molecular flexibility index (Phi) is 15.9. The molecular formula is C40H52BF2N5O6S4. The lowest BCUT2D eigenvalue weighted by atomic mass is 9.88. The van der Waals surface area contributed by atoms with Gasteiger partial charge in [0.1, 0.15) is 16.9 Å². The molecule has 5 rings (SSSR count). The fraction of sp³-hybridized carbons (Fsp3) is 0.475. The van der Waals surface area contributed by atoms with Crippen molar-refractivity contribution in [1.82, 2.24) is 14.8 Å². The summed E-state index contributed by atoms with van der Waals surface area (Å²) in [5, 5.41) is 5.16. The third kappa shape index (κ3) is 12.8. The summed E-state index contributed by atoms with van der Waals surface area (Å²) in [5.41, 5.74) is 2.96. The van der Waals surface area contributed by atoms with Crippen LogP contribution in [-0.2, 0) is 30.9 Å². The molecule has 0 saturated heterocycles. The molecule has 1 N–H and O–H groups in total. The van der Waals surface area contributed by atoms with Gasteiger partial charge in [0.25, 0.3) is 0 Å². The third-order valence-electron chi connectivity index (χ3n) is 10.0. The maximum absolute atomic E-state index is 16.9. The van der Waals surface area contributed by atoms with E-state index >= 15 is 8.63 Å². The Morgan fingerprint density at radius 3 is 2.45 bits per heavy atom. The number of hydrogen-bond donors (Lipinski definition) is 1. The van der Waals surface area contributed by atoms with Crippen LogP contribution in [0.25, 0.3) is 6.08 Å². The Morgan fingerprint density at radius 1 is 1.00 bits per heavy atom. The highest BCUT2D eigenvalue weighted by Gasteiger charge is 2.54. The maximum atomic E-state index is 16.9. The lowest BCUT2D eigenvalue weighted by molar-refractivity contribution is -0.870. The molecule has 18 heteroatoms. The van der Waals surface area contributed by atoms with Crippen LogP contribution in [0.3, 0.4) is 0 Å². The smallest absolute Gasteiger partial charge is 0.737 e. The van der Waals surface area contributed by atoms with Crippen LogP contribution in [0.15, 0.2) is 70.3 Å². The molecule has 2 aliphatic heterocycles. The first kappa shape index (κ1) is 45.7. The predicted octanol–water partition coefficient (Wildman–Crippen LogP) is 7.03. The normalized spacial score (nSPS) is 15.4. The van der Waals surface area contributed by atoms with Crippen LogP contribution in [0.2, 0.25) is 0 Å². The number of nitrogens with one attached hydrogen (secondary N) is 1. The molecule has 2 aliphatic rings. The molecule has 3 aromatic rings. The summed E-state index contributed by atoms with van der Waals surface area (Å²) < 4.78 is 71.9. The molecule has 0 bridgehead atoms. The van der Waals surface area contributed by atoms with E-state index in [9.17, 15) is 27.4 Å². The molecule has 0 fully saturated rings. The van der Waals surface area contributed by atoms with E-state index in [1.165, 1.54) is 11.3 Å². The number of carbonyl (C=O) groups is 3. The monoisotopic (exact) mass is 875 g/mol. The zero-order valence-electron chi connectivity index (χ0n) is 33.5. The zero-order valence-corrected chi connectivity index (χ0v) is 36.7. The molecule has 1 amide bonds. The van der Waals surface area contributed by atoms with Gasteiger partial charge >= 0.3 is 6.97 Å². The number of quaternary nitrogens is 1. The number of rotatable bonds is 24. The largest absolute Gasteiger partial charge is 0.748 e. The molecule has 58 heavy (non-hydrogen) atoms. The zero-order chi connectivity index (χ0) is 42.1. The van der Waals surface area contributed by atoms with Gasteiger partial charge in [-0.3, -0.25) is 14.4 Å². The summed E-state index contributed by atoms with van der Waals surface area (Å²) in [5.74, 6) is -1.52. The summed E-state index contributed by atoms with van der Waals surface area (Å²) in [7, 11) is 4.61. The van der Waals surface area contributed by atoms with Gasteiger partial charge in [-0.1, -0.05) is 29.3 Å². The Bertz CT molecular complexity index is 2150. The summed E-state index contributed by atoms with van der Waals surface area (Å²) in [6.45, 7) is -1.75. The van der Waals surface area contributed by atoms with Crippen molar-refractivity contribution in [3.63, 3.8) is 0 Å². The number of hydrogen-bond acceptors (Lipinski definition) is 10. The first-order chi connectivity index (χ1) is 27.4. The molecule has 3 aromatic heterocycles. The molecule has 11 nitrogen and oxygen atoms in total. The second-order valence-corrected chi connectivity index (χ2v) is 20.6. The molecule has 5 heterocycles. The first-order valence-electron chi connectivity index (χ1n) is 19.6. The van der Waals surface area contributed by atoms with Gasteiger partial charge in [-0.2, -0.15) is 0 Å². The molecule has 0 aliphatic carbocycles. The lowest BCUT2D eigenvalue weighted by Gasteiger charge is -2.32. The summed E-state index contributed by atoms with van der Waals surface area (Å²) >= 11 is 1.39. The topological polar surface area (TPSA) is 141 Å². The van der Waals surface area contributed by atoms with Gasteiger partial charge in [0.15, 0.2) is 17.2 Å². The van der Waals surface area contributed by atoms with Crippen LogP contribution in [0.4, 0.5) is 8.63 Å². The molecule has 0 spiro atoms. The van der Waals surface area contributed by atoms with E-state index in [2.05, 4.69) is 31.4 Å². The van der Waals surface area contributed by atoms with Crippen molar-refractivity contribution in [2.24, 2.45) is 0 Å². The number of aromatic nitrogens is 2. The Labute approximate surface area is 352 Å². The third-order valence-corrected chi connectivity index (χ3v) is 14.0. The highest BCUT2D eigenvalue weighted by atomic mass is 33.1. The minimum Gasteiger partial charge on any atom is -0.748 e. The second kappa shape index (κ2) is 20.2. The number of halogens is 2. The Hall–Kier alpha value is -3.42. The van der Waals surface area contributed by atoms with Crippen LogP contribution >= 0.6 is 32.9 Å². The van der Waals surface area contributed by atoms with E-state index in [4.69, 9.17) is 0 Å². The number of fused-ring (bicyclic) bond motifs is 2. The lowest BCUT2D eigenvalue weighted by Crippen LogP contribution is -2.51. The van der Waals surface area contributed by atoms with Crippen LogP contribution in [0.1, 0.15) is 86.0 Å². The number of aryl methyl sites for hydroxylation is 2. The van der Waals surface area contributed by atoms with Gasteiger partial charge in [0.2, 0.25) is 5.91 Å². The number of unbranched alkanes of at least 4 members (excludes halogenated alkanes) is 2. The first-order valence-corrected chi connectivity index (χ1v) is 24.3. The quantitative estimate of drug-likeness (QED) is 0.0330. The summed E-state index contributed by atoms with van der Waals surface area (Å²) in [6, 6.07) is 9.43. The number of ketones is 2. The van der Waals surface area contributed by atoms with E-state index in [1.807, 2.05) is 41.8 Å². The van der Waals surface area contributed by atoms with E-state index in [-0.39, 0.29) is 30.7 Å². The molecule has 0 radical (unpaired) electrons. The number of Topliss-reactive ketones (excluding diaryl/α,β-unsaturated/α-hetero) is 2. The molecule has 1 unspecified atom stereocenters. The standard InChI is InChI=1S/C40H52BF2N5O6S4/c1-29-25-31(46-34(29)27-35-30(13-10-22-48(2,3)4)26-36(38-17-12-23-55-38)47(35)41(46,42)43)19-20-39(51)45-33(28-58(52,53)54)37(50)16-7-5-6-14-32(49)15-11-24-56-57-40-18-8-9-21-44-40/h8-9,12,17-18,21,23,25-27,33H,5-7,10-11,13-16,19-20,22,24,28H2,1-4H3,(H-,45,51,52,53,54). The van der Waals surface area contributed by atoms with Gasteiger partial charge in [0.05, 0.1) is 48.4 Å². The van der Waals surface area contributed by atoms with Crippen LogP contribution in [0.5, 0.6) is 0 Å². The number of thiophene rings is 1. The fourth-order valence-corrected chi connectivity index (χ4v) is 10.6. The van der Waals surface area contributed by atoms with Gasteiger partial charge in [-0.05, 0) is 90.7 Å². The number of nitrogens with zero attached hydrogens (tertiary/aromatic N) is 4. The second-order valence-electron chi connectivity index (χ2n) is 15.8. The van der Waals surface area contributed by atoms with Gasteiger partial charge < -0.3 is 31.9 Å². The van der Waals surface area contributed by atoms with Crippen LogP contribution in [0, 0.1) is 6.92 Å². The molecule has 0 saturated carbocycles. The molecular weight excluding hydrogens is 824 g/mol. The highest BCUT2D eigenvalue weighted by molar-refractivity contribution is 8.76. The van der Waals surface area contributed by atoms with Crippen molar-refractivity contribution in [2.45, 2.75) is 88.6 Å². The average Bonchev–Trinajstić information content (AvgIpc) is 3.88. The van der Waals surface area contributed by atoms with E-state index < -0.39 is 40.6 Å². The van der Waals surface area contributed by atoms with Crippen molar-refractivity contribution in [1.29, 1.82) is 0 Å². The molecule has 314 valence electrons. The van der Waals surface area contributed by atoms with Crippen molar-refractivity contribution in [3.05, 3.63) is 87.1 Å². The van der Waals surface area contributed by atoms with Crippen molar-refractivity contribution >= 4 is 79.3 Å². The summed E-state index contributed by atoms with van der Waals surface area (Å²) in [4.78, 5) is 43.6. The average molecular weight is 876 g/mol. The van der Waals surface area contributed by atoms with Crippen LogP contribution in [-0.4, -0.2) is 107 Å². The van der Waals surface area contributed by atoms with E-state index in [0.29, 0.717) is 61.2 Å². The van der Waals surface area contributed by atoms with Gasteiger partial charge in [-0.15, -0.1) is 11.3 Å². The molecule has 0 aromatic carbocycles. The molecule has 1 atom stereocenters. The fourth-order valence-electron chi connectivity index (χ4n) is 7.23. The predicted molar refractivity (Wildman–Crippen MR) is 229 cm³/mol.